The first-order chi connectivity index (χ1) is 4.10. The number of hydrogen-bond acceptors (Lipinski definition) is 1. The molecular formula is C5H11F2NSi. The van der Waals surface area contributed by atoms with Crippen molar-refractivity contribution in [3.8, 4) is 0 Å². The molecule has 0 amide bonds. The second-order valence-electron chi connectivity index (χ2n) is 2.70. The van der Waals surface area contributed by atoms with Crippen LogP contribution in [0.25, 0.3) is 0 Å². The summed E-state index contributed by atoms with van der Waals surface area (Å²) >= 11 is 0. The minimum absolute atomic E-state index is 0.000772. The van der Waals surface area contributed by atoms with Crippen LogP contribution in [0.2, 0.25) is 0 Å². The summed E-state index contributed by atoms with van der Waals surface area (Å²) in [6.45, 7) is 0.876. The van der Waals surface area contributed by atoms with Crippen LogP contribution in [-0.2, 0) is 0 Å². The standard InChI is InChI=1S/C5H11F2NSi/c6-5(7)2-1-3-8(9)4-5/h1-4H2,9H3. The average Bonchev–Trinajstić information content (AvgIpc) is 1.60. The van der Waals surface area contributed by atoms with E-state index in [9.17, 15) is 8.78 Å². The predicted octanol–water partition coefficient (Wildman–Crippen LogP) is -0.00210. The summed E-state index contributed by atoms with van der Waals surface area (Å²) in [5, 5.41) is 0. The van der Waals surface area contributed by atoms with Crippen LogP contribution in [0.1, 0.15) is 12.8 Å². The molecule has 1 aliphatic rings. The molecule has 0 saturated carbocycles. The van der Waals surface area contributed by atoms with Crippen molar-refractivity contribution in [2.24, 2.45) is 0 Å². The number of piperidine rings is 1. The molecule has 0 aromatic heterocycles. The molecule has 0 bridgehead atoms. The molecule has 9 heavy (non-hydrogen) atoms. The molecule has 0 radical (unpaired) electrons. The van der Waals surface area contributed by atoms with Crippen molar-refractivity contribution in [2.75, 3.05) is 13.1 Å². The molecule has 1 saturated heterocycles. The Labute approximate surface area is 56.5 Å². The normalized spacial score (nSPS) is 28.7. The molecule has 0 aliphatic carbocycles. The fraction of sp³-hybridized carbons (Fsp3) is 1.00. The third-order valence-electron chi connectivity index (χ3n) is 1.58. The third-order valence-corrected chi connectivity index (χ3v) is 2.35. The summed E-state index contributed by atoms with van der Waals surface area (Å²) in [5.41, 5.74) is 0. The van der Waals surface area contributed by atoms with Gasteiger partial charge in [0.25, 0.3) is 5.92 Å². The summed E-state index contributed by atoms with van der Waals surface area (Å²) in [5.74, 6) is -2.39. The van der Waals surface area contributed by atoms with Gasteiger partial charge in [-0.05, 0) is 13.0 Å². The Hall–Kier alpha value is 0.0369. The highest BCUT2D eigenvalue weighted by Crippen LogP contribution is 2.24. The van der Waals surface area contributed by atoms with Crippen molar-refractivity contribution in [1.82, 2.24) is 4.57 Å². The lowest BCUT2D eigenvalue weighted by molar-refractivity contribution is -0.0432. The SMILES string of the molecule is FC1(F)CCCN([SiH3])C1. The minimum atomic E-state index is -2.39. The zero-order valence-electron chi connectivity index (χ0n) is 5.53. The molecule has 0 unspecified atom stereocenters. The second-order valence-corrected chi connectivity index (χ2v) is 3.96. The molecule has 0 spiro atoms. The van der Waals surface area contributed by atoms with E-state index in [0.717, 1.165) is 16.9 Å². The molecule has 0 atom stereocenters. The lowest BCUT2D eigenvalue weighted by Crippen LogP contribution is -2.40. The maximum atomic E-state index is 12.4. The number of halogens is 2. The molecule has 1 fully saturated rings. The molecule has 1 nitrogen and oxygen atoms in total. The zero-order chi connectivity index (χ0) is 6.91. The molecule has 4 heteroatoms. The van der Waals surface area contributed by atoms with Crippen molar-refractivity contribution in [3.05, 3.63) is 0 Å². The van der Waals surface area contributed by atoms with Crippen molar-refractivity contribution in [2.45, 2.75) is 18.8 Å². The van der Waals surface area contributed by atoms with Gasteiger partial charge in [0.2, 0.25) is 0 Å². The molecule has 0 aromatic carbocycles. The maximum Gasteiger partial charge on any atom is 0.259 e. The van der Waals surface area contributed by atoms with Crippen LogP contribution < -0.4 is 0 Å². The number of hydrogen-bond donors (Lipinski definition) is 0. The number of alkyl halides is 2. The summed E-state index contributed by atoms with van der Waals surface area (Å²) in [6.07, 6.45) is 0.752. The first-order valence-corrected chi connectivity index (χ1v) is 4.06. The summed E-state index contributed by atoms with van der Waals surface area (Å²) in [4.78, 5) is 0. The van der Waals surface area contributed by atoms with E-state index in [4.69, 9.17) is 0 Å². The first-order valence-electron chi connectivity index (χ1n) is 3.16. The van der Waals surface area contributed by atoms with Gasteiger partial charge in [0, 0.05) is 6.42 Å². The van der Waals surface area contributed by atoms with Crippen molar-refractivity contribution in [1.29, 1.82) is 0 Å². The van der Waals surface area contributed by atoms with E-state index in [2.05, 4.69) is 0 Å². The van der Waals surface area contributed by atoms with Crippen LogP contribution in [0.5, 0.6) is 0 Å². The lowest BCUT2D eigenvalue weighted by Gasteiger charge is -2.29. The van der Waals surface area contributed by atoms with Crippen LogP contribution in [0, 0.1) is 0 Å². The van der Waals surface area contributed by atoms with Gasteiger partial charge >= 0.3 is 0 Å². The van der Waals surface area contributed by atoms with Gasteiger partial charge in [-0.15, -0.1) is 0 Å². The Morgan fingerprint density at radius 3 is 2.44 bits per heavy atom. The Kier molecular flexibility index (Phi) is 1.86. The van der Waals surface area contributed by atoms with Gasteiger partial charge in [-0.1, -0.05) is 0 Å². The molecule has 54 valence electrons. The van der Waals surface area contributed by atoms with E-state index in [0.29, 0.717) is 6.42 Å². The van der Waals surface area contributed by atoms with Crippen molar-refractivity contribution < 1.29 is 8.78 Å². The first kappa shape index (κ1) is 7.15. The van der Waals surface area contributed by atoms with Gasteiger partial charge in [0.15, 0.2) is 0 Å². The van der Waals surface area contributed by atoms with Gasteiger partial charge in [0.1, 0.15) is 0 Å². The highest BCUT2D eigenvalue weighted by Gasteiger charge is 2.32. The Morgan fingerprint density at radius 2 is 2.11 bits per heavy atom. The fourth-order valence-electron chi connectivity index (χ4n) is 1.16. The molecule has 1 heterocycles. The van der Waals surface area contributed by atoms with E-state index in [1.807, 2.05) is 4.57 Å². The number of nitrogens with zero attached hydrogens (tertiary/aromatic N) is 1. The molecule has 0 aromatic rings. The second kappa shape index (κ2) is 2.34. The highest BCUT2D eigenvalue weighted by atomic mass is 28.2. The van der Waals surface area contributed by atoms with Gasteiger partial charge < -0.3 is 4.57 Å². The quantitative estimate of drug-likeness (QED) is 0.440. The van der Waals surface area contributed by atoms with Gasteiger partial charge in [0.05, 0.1) is 16.9 Å². The Balaban J connectivity index is 2.41. The molecule has 0 N–H and O–H groups in total. The van der Waals surface area contributed by atoms with Crippen LogP contribution in [0.15, 0.2) is 0 Å². The Morgan fingerprint density at radius 1 is 1.44 bits per heavy atom. The maximum absolute atomic E-state index is 12.4. The number of rotatable bonds is 0. The average molecular weight is 151 g/mol. The van der Waals surface area contributed by atoms with Gasteiger partial charge in [-0.25, -0.2) is 8.78 Å². The topological polar surface area (TPSA) is 3.24 Å². The van der Waals surface area contributed by atoms with Crippen LogP contribution >= 0.6 is 0 Å². The van der Waals surface area contributed by atoms with E-state index in [1.165, 1.54) is 0 Å². The molecule has 1 aliphatic heterocycles. The van der Waals surface area contributed by atoms with E-state index < -0.39 is 5.92 Å². The fourth-order valence-corrected chi connectivity index (χ4v) is 1.94. The van der Waals surface area contributed by atoms with Crippen LogP contribution in [0.3, 0.4) is 0 Å². The van der Waals surface area contributed by atoms with E-state index in [-0.39, 0.29) is 13.0 Å². The van der Waals surface area contributed by atoms with Gasteiger partial charge in [-0.2, -0.15) is 0 Å². The van der Waals surface area contributed by atoms with E-state index in [1.54, 1.807) is 0 Å². The minimum Gasteiger partial charge on any atom is -0.327 e. The van der Waals surface area contributed by atoms with Crippen LogP contribution in [-0.4, -0.2) is 34.0 Å². The lowest BCUT2D eigenvalue weighted by atomic mass is 10.1. The third kappa shape index (κ3) is 2.02. The van der Waals surface area contributed by atoms with E-state index >= 15 is 0 Å². The summed E-state index contributed by atoms with van der Waals surface area (Å²) in [6, 6.07) is 0. The van der Waals surface area contributed by atoms with Crippen molar-refractivity contribution in [3.63, 3.8) is 0 Å². The van der Waals surface area contributed by atoms with Crippen molar-refractivity contribution >= 4 is 10.4 Å². The van der Waals surface area contributed by atoms with Crippen LogP contribution in [0.4, 0.5) is 8.78 Å². The molecule has 1 rings (SSSR count). The zero-order valence-corrected chi connectivity index (χ0v) is 7.53. The Bertz CT molecular complexity index is 107. The predicted molar refractivity (Wildman–Crippen MR) is 35.7 cm³/mol. The van der Waals surface area contributed by atoms with Gasteiger partial charge in [-0.3, -0.25) is 0 Å². The summed E-state index contributed by atoms with van der Waals surface area (Å²) in [7, 11) is 0.775. The highest BCUT2D eigenvalue weighted by molar-refractivity contribution is 6.04. The molecular weight excluding hydrogens is 140 g/mol. The largest absolute Gasteiger partial charge is 0.327 e. The summed E-state index contributed by atoms with van der Waals surface area (Å²) < 4.78 is 26.7. The smallest absolute Gasteiger partial charge is 0.259 e. The monoisotopic (exact) mass is 151 g/mol.